The van der Waals surface area contributed by atoms with Crippen LogP contribution in [-0.2, 0) is 5.41 Å². The van der Waals surface area contributed by atoms with E-state index in [0.717, 1.165) is 5.69 Å². The van der Waals surface area contributed by atoms with Crippen molar-refractivity contribution in [2.45, 2.75) is 19.3 Å². The molecular formula is C57H40N2. The van der Waals surface area contributed by atoms with Gasteiger partial charge in [0.1, 0.15) is 0 Å². The van der Waals surface area contributed by atoms with Gasteiger partial charge in [-0.2, -0.15) is 0 Å². The second kappa shape index (κ2) is 12.8. The summed E-state index contributed by atoms with van der Waals surface area (Å²) in [5.74, 6) is 0. The zero-order valence-electron chi connectivity index (χ0n) is 33.0. The first-order valence-corrected chi connectivity index (χ1v) is 20.6. The van der Waals surface area contributed by atoms with Crippen molar-refractivity contribution in [2.75, 3.05) is 0 Å². The number of nitrogens with zero attached hydrogens (tertiary/aromatic N) is 2. The van der Waals surface area contributed by atoms with Gasteiger partial charge in [-0.15, -0.1) is 0 Å². The third kappa shape index (κ3) is 5.13. The highest BCUT2D eigenvalue weighted by atomic mass is 15.0. The Morgan fingerprint density at radius 1 is 0.288 bits per heavy atom. The summed E-state index contributed by atoms with van der Waals surface area (Å²) in [4.78, 5) is 0. The van der Waals surface area contributed by atoms with Crippen molar-refractivity contribution < 1.29 is 0 Å². The molecule has 0 fully saturated rings. The smallest absolute Gasteiger partial charge is 0.0544 e. The predicted octanol–water partition coefficient (Wildman–Crippen LogP) is 15.2. The predicted molar refractivity (Wildman–Crippen MR) is 249 cm³/mol. The van der Waals surface area contributed by atoms with Gasteiger partial charge in [0.2, 0.25) is 0 Å². The summed E-state index contributed by atoms with van der Waals surface area (Å²) >= 11 is 0. The molecule has 11 aromatic rings. The minimum atomic E-state index is -0.0795. The van der Waals surface area contributed by atoms with E-state index >= 15 is 0 Å². The van der Waals surface area contributed by atoms with Gasteiger partial charge in [-0.1, -0.05) is 147 Å². The third-order valence-corrected chi connectivity index (χ3v) is 12.9. The van der Waals surface area contributed by atoms with Crippen LogP contribution in [0.3, 0.4) is 0 Å². The average molecular weight is 753 g/mol. The van der Waals surface area contributed by atoms with Crippen LogP contribution < -0.4 is 0 Å². The molecule has 0 saturated carbocycles. The fraction of sp³-hybridized carbons (Fsp3) is 0.0526. The Kier molecular flexibility index (Phi) is 7.31. The summed E-state index contributed by atoms with van der Waals surface area (Å²) in [7, 11) is 0. The molecular weight excluding hydrogens is 713 g/mol. The van der Waals surface area contributed by atoms with Gasteiger partial charge < -0.3 is 9.13 Å². The van der Waals surface area contributed by atoms with E-state index < -0.39 is 0 Å². The number of benzene rings is 9. The van der Waals surface area contributed by atoms with E-state index in [4.69, 9.17) is 0 Å². The first kappa shape index (κ1) is 33.7. The minimum absolute atomic E-state index is 0.0795. The molecule has 0 aliphatic heterocycles. The molecule has 278 valence electrons. The maximum Gasteiger partial charge on any atom is 0.0544 e. The number of aromatic nitrogens is 2. The topological polar surface area (TPSA) is 9.86 Å². The molecule has 59 heavy (non-hydrogen) atoms. The van der Waals surface area contributed by atoms with Crippen LogP contribution in [-0.4, -0.2) is 9.13 Å². The first-order valence-electron chi connectivity index (χ1n) is 20.6. The molecule has 0 saturated heterocycles. The van der Waals surface area contributed by atoms with Gasteiger partial charge in [0, 0.05) is 38.3 Å². The second-order valence-electron chi connectivity index (χ2n) is 16.6. The Hall–Kier alpha value is -7.42. The lowest BCUT2D eigenvalue weighted by molar-refractivity contribution is 0.661. The summed E-state index contributed by atoms with van der Waals surface area (Å²) in [6, 6.07) is 76.1. The van der Waals surface area contributed by atoms with Gasteiger partial charge in [0.05, 0.1) is 22.1 Å². The highest BCUT2D eigenvalue weighted by Crippen LogP contribution is 2.51. The lowest BCUT2D eigenvalue weighted by Crippen LogP contribution is -2.14. The van der Waals surface area contributed by atoms with Crippen LogP contribution in [0.25, 0.3) is 99.5 Å². The lowest BCUT2D eigenvalue weighted by Gasteiger charge is -2.21. The zero-order chi connectivity index (χ0) is 39.2. The van der Waals surface area contributed by atoms with Crippen LogP contribution in [0, 0.1) is 0 Å². The minimum Gasteiger partial charge on any atom is -0.309 e. The highest BCUT2D eigenvalue weighted by Gasteiger charge is 2.36. The normalized spacial score (nSPS) is 13.1. The van der Waals surface area contributed by atoms with Crippen molar-refractivity contribution in [3.05, 3.63) is 217 Å². The number of hydrogen-bond donors (Lipinski definition) is 0. The van der Waals surface area contributed by atoms with E-state index in [0.29, 0.717) is 0 Å². The number of fused-ring (bicyclic) bond motifs is 9. The Morgan fingerprint density at radius 2 is 0.797 bits per heavy atom. The monoisotopic (exact) mass is 752 g/mol. The molecule has 1 aliphatic carbocycles. The Morgan fingerprint density at radius 3 is 1.46 bits per heavy atom. The van der Waals surface area contributed by atoms with Crippen molar-refractivity contribution in [1.29, 1.82) is 0 Å². The van der Waals surface area contributed by atoms with Crippen molar-refractivity contribution in [3.63, 3.8) is 0 Å². The molecule has 0 radical (unpaired) electrons. The van der Waals surface area contributed by atoms with E-state index in [9.17, 15) is 0 Å². The van der Waals surface area contributed by atoms with E-state index in [2.05, 4.69) is 229 Å². The van der Waals surface area contributed by atoms with Crippen LogP contribution in [0.2, 0.25) is 0 Å². The van der Waals surface area contributed by atoms with Gasteiger partial charge in [0.25, 0.3) is 0 Å². The molecule has 0 N–H and O–H groups in total. The Balaban J connectivity index is 1.06. The molecule has 0 unspecified atom stereocenters. The van der Waals surface area contributed by atoms with Crippen LogP contribution >= 0.6 is 0 Å². The van der Waals surface area contributed by atoms with E-state index in [1.807, 2.05) is 0 Å². The Bertz CT molecular complexity index is 3380. The molecule has 12 rings (SSSR count). The second-order valence-corrected chi connectivity index (χ2v) is 16.6. The highest BCUT2D eigenvalue weighted by molar-refractivity contribution is 6.14. The SMILES string of the molecule is CC1(C)c2ccccc2-c2cc3c4cc(-c5ccc6c(c5)c5ccccc5n6-c5cc(-c6ccccc6)cc(-c6ccccc6)c5)ccc4n(-c4ccccc4)c3cc21. The van der Waals surface area contributed by atoms with Gasteiger partial charge >= 0.3 is 0 Å². The molecule has 2 heteroatoms. The van der Waals surface area contributed by atoms with Crippen molar-refractivity contribution in [2.24, 2.45) is 0 Å². The summed E-state index contributed by atoms with van der Waals surface area (Å²) in [5.41, 5.74) is 19.8. The van der Waals surface area contributed by atoms with Crippen molar-refractivity contribution in [1.82, 2.24) is 9.13 Å². The number of rotatable bonds is 5. The number of para-hydroxylation sites is 2. The number of hydrogen-bond acceptors (Lipinski definition) is 0. The van der Waals surface area contributed by atoms with E-state index in [1.165, 1.54) is 105 Å². The summed E-state index contributed by atoms with van der Waals surface area (Å²) < 4.78 is 4.90. The summed E-state index contributed by atoms with van der Waals surface area (Å²) in [5, 5.41) is 5.03. The molecule has 0 amide bonds. The summed E-state index contributed by atoms with van der Waals surface area (Å²) in [6.07, 6.45) is 0. The van der Waals surface area contributed by atoms with Crippen LogP contribution in [0.15, 0.2) is 206 Å². The molecule has 0 spiro atoms. The molecule has 0 bridgehead atoms. The van der Waals surface area contributed by atoms with Crippen LogP contribution in [0.1, 0.15) is 25.0 Å². The third-order valence-electron chi connectivity index (χ3n) is 12.9. The zero-order valence-corrected chi connectivity index (χ0v) is 33.0. The maximum atomic E-state index is 2.47. The average Bonchev–Trinajstić information content (AvgIpc) is 3.88. The van der Waals surface area contributed by atoms with Crippen molar-refractivity contribution in [3.8, 4) is 55.9 Å². The Labute approximate surface area is 343 Å². The molecule has 1 aliphatic rings. The first-order chi connectivity index (χ1) is 29.0. The van der Waals surface area contributed by atoms with Gasteiger partial charge in [-0.25, -0.2) is 0 Å². The van der Waals surface area contributed by atoms with Gasteiger partial charge in [-0.05, 0) is 128 Å². The molecule has 9 aromatic carbocycles. The fourth-order valence-electron chi connectivity index (χ4n) is 10.0. The van der Waals surface area contributed by atoms with Gasteiger partial charge in [-0.3, -0.25) is 0 Å². The summed E-state index contributed by atoms with van der Waals surface area (Å²) in [6.45, 7) is 4.73. The maximum absolute atomic E-state index is 2.47. The molecule has 2 nitrogen and oxygen atoms in total. The lowest BCUT2D eigenvalue weighted by atomic mass is 9.82. The standard InChI is InChI=1S/C57H40N2/c1-57(2)51-24-14-12-22-45(51)47-35-50-49-34-40(27-29-55(49)58(56(50)36-52(47)57)43-20-10-5-11-21-43)39-26-28-54-48(33-39)46-23-13-15-25-53(46)59(54)44-31-41(37-16-6-3-7-17-37)30-42(32-44)38-18-8-4-9-19-38/h3-36H,1-2H3. The van der Waals surface area contributed by atoms with Crippen LogP contribution in [0.4, 0.5) is 0 Å². The van der Waals surface area contributed by atoms with E-state index in [-0.39, 0.29) is 5.41 Å². The van der Waals surface area contributed by atoms with E-state index in [1.54, 1.807) is 0 Å². The molecule has 2 heterocycles. The fourth-order valence-corrected chi connectivity index (χ4v) is 10.0. The largest absolute Gasteiger partial charge is 0.309 e. The molecule has 2 aromatic heterocycles. The van der Waals surface area contributed by atoms with Crippen LogP contribution in [0.5, 0.6) is 0 Å². The van der Waals surface area contributed by atoms with Crippen molar-refractivity contribution >= 4 is 43.6 Å². The van der Waals surface area contributed by atoms with Gasteiger partial charge in [0.15, 0.2) is 0 Å². The molecule has 0 atom stereocenters. The quantitative estimate of drug-likeness (QED) is 0.166.